The molecule has 1 aromatic heterocycles. The van der Waals surface area contributed by atoms with Crippen LogP contribution in [0.5, 0.6) is 0 Å². The quantitative estimate of drug-likeness (QED) is 0.408. The zero-order chi connectivity index (χ0) is 24.3. The Kier molecular flexibility index (Phi) is 6.57. The number of thiazole rings is 1. The van der Waals surface area contributed by atoms with Gasteiger partial charge in [0.1, 0.15) is 12.4 Å². The molecule has 0 saturated carbocycles. The summed E-state index contributed by atoms with van der Waals surface area (Å²) in [7, 11) is -2.63. The van der Waals surface area contributed by atoms with E-state index in [9.17, 15) is 22.4 Å². The number of sulfonamides is 1. The number of amides is 1. The molecule has 0 aliphatic carbocycles. The third-order valence-corrected chi connectivity index (χ3v) is 7.26. The SMILES string of the molecule is COC(=O)Cn1c(=NC(=O)c2ccc(NS(=O)(=O)c3ccc(F)cc3)cc2)sc2ccccc21. The van der Waals surface area contributed by atoms with Gasteiger partial charge in [-0.2, -0.15) is 4.99 Å². The minimum absolute atomic E-state index is 0.0935. The van der Waals surface area contributed by atoms with Gasteiger partial charge < -0.3 is 9.30 Å². The van der Waals surface area contributed by atoms with E-state index < -0.39 is 27.7 Å². The van der Waals surface area contributed by atoms with Crippen LogP contribution in [0, 0.1) is 5.82 Å². The molecule has 0 radical (unpaired) electrons. The summed E-state index contributed by atoms with van der Waals surface area (Å²) in [6.07, 6.45) is 0. The maximum Gasteiger partial charge on any atom is 0.325 e. The molecule has 0 atom stereocenters. The highest BCUT2D eigenvalue weighted by molar-refractivity contribution is 7.92. The Hall–Kier alpha value is -3.83. The van der Waals surface area contributed by atoms with Gasteiger partial charge in [0.15, 0.2) is 4.80 Å². The first-order valence-electron chi connectivity index (χ1n) is 9.89. The summed E-state index contributed by atoms with van der Waals surface area (Å²) in [6.45, 7) is -0.100. The van der Waals surface area contributed by atoms with Gasteiger partial charge in [-0.15, -0.1) is 0 Å². The van der Waals surface area contributed by atoms with E-state index in [2.05, 4.69) is 9.71 Å². The van der Waals surface area contributed by atoms with Gasteiger partial charge in [0.05, 0.1) is 22.2 Å². The maximum absolute atomic E-state index is 13.1. The number of halogens is 1. The molecule has 0 aliphatic rings. The Balaban J connectivity index is 1.60. The van der Waals surface area contributed by atoms with Crippen LogP contribution in [0.4, 0.5) is 10.1 Å². The van der Waals surface area contributed by atoms with Crippen LogP contribution < -0.4 is 9.52 Å². The number of methoxy groups -OCH3 is 1. The highest BCUT2D eigenvalue weighted by Crippen LogP contribution is 2.19. The molecule has 0 unspecified atom stereocenters. The number of hydrogen-bond donors (Lipinski definition) is 1. The van der Waals surface area contributed by atoms with E-state index in [0.717, 1.165) is 34.5 Å². The second-order valence-corrected chi connectivity index (χ2v) is 9.76. The molecule has 0 spiro atoms. The fourth-order valence-corrected chi connectivity index (χ4v) is 5.20. The van der Waals surface area contributed by atoms with Crippen molar-refractivity contribution >= 4 is 49.1 Å². The Bertz CT molecular complexity index is 1540. The van der Waals surface area contributed by atoms with Crippen LogP contribution in [0.25, 0.3) is 10.2 Å². The second-order valence-electron chi connectivity index (χ2n) is 7.07. The Morgan fingerprint density at radius 2 is 1.71 bits per heavy atom. The van der Waals surface area contributed by atoms with Crippen LogP contribution in [0.15, 0.2) is 82.7 Å². The molecule has 34 heavy (non-hydrogen) atoms. The van der Waals surface area contributed by atoms with Crippen molar-refractivity contribution in [2.75, 3.05) is 11.8 Å². The molecule has 4 rings (SSSR count). The third-order valence-electron chi connectivity index (χ3n) is 4.81. The molecule has 8 nitrogen and oxygen atoms in total. The summed E-state index contributed by atoms with van der Waals surface area (Å²) in [4.78, 5) is 29.1. The van der Waals surface area contributed by atoms with E-state index in [0.29, 0.717) is 4.80 Å². The lowest BCUT2D eigenvalue weighted by atomic mass is 10.2. The Labute approximate surface area is 198 Å². The van der Waals surface area contributed by atoms with E-state index >= 15 is 0 Å². The number of aromatic nitrogens is 1. The lowest BCUT2D eigenvalue weighted by molar-refractivity contribution is -0.141. The zero-order valence-corrected chi connectivity index (χ0v) is 19.4. The number of nitrogens with one attached hydrogen (secondary N) is 1. The number of esters is 1. The van der Waals surface area contributed by atoms with E-state index in [1.165, 1.54) is 42.7 Å². The fraction of sp³-hybridized carbons (Fsp3) is 0.0870. The highest BCUT2D eigenvalue weighted by Gasteiger charge is 2.15. The number of para-hydroxylation sites is 1. The number of carbonyl (C=O) groups excluding carboxylic acids is 2. The highest BCUT2D eigenvalue weighted by atomic mass is 32.2. The number of nitrogens with zero attached hydrogens (tertiary/aromatic N) is 2. The van der Waals surface area contributed by atoms with E-state index in [-0.39, 0.29) is 22.7 Å². The summed E-state index contributed by atoms with van der Waals surface area (Å²) in [5, 5.41) is 0. The van der Waals surface area contributed by atoms with Crippen LogP contribution in [-0.2, 0) is 26.1 Å². The predicted molar refractivity (Wildman–Crippen MR) is 125 cm³/mol. The zero-order valence-electron chi connectivity index (χ0n) is 17.8. The number of ether oxygens (including phenoxy) is 1. The molecular weight excluding hydrogens is 481 g/mol. The number of benzene rings is 3. The molecule has 1 heterocycles. The van der Waals surface area contributed by atoms with Crippen LogP contribution >= 0.6 is 11.3 Å². The number of carbonyl (C=O) groups is 2. The van der Waals surface area contributed by atoms with Crippen molar-refractivity contribution in [2.45, 2.75) is 11.4 Å². The molecule has 0 bridgehead atoms. The average Bonchev–Trinajstić information content (AvgIpc) is 3.16. The second kappa shape index (κ2) is 9.57. The minimum atomic E-state index is -3.92. The summed E-state index contributed by atoms with van der Waals surface area (Å²) in [6, 6.07) is 17.5. The molecule has 1 amide bonds. The van der Waals surface area contributed by atoms with Gasteiger partial charge in [-0.1, -0.05) is 23.5 Å². The smallest absolute Gasteiger partial charge is 0.325 e. The molecule has 174 valence electrons. The van der Waals surface area contributed by atoms with Crippen LogP contribution in [0.3, 0.4) is 0 Å². The Morgan fingerprint density at radius 1 is 1.03 bits per heavy atom. The average molecular weight is 500 g/mol. The summed E-state index contributed by atoms with van der Waals surface area (Å²) >= 11 is 1.26. The number of hydrogen-bond acceptors (Lipinski definition) is 6. The molecule has 4 aromatic rings. The van der Waals surface area contributed by atoms with Crippen molar-refractivity contribution in [2.24, 2.45) is 4.99 Å². The lowest BCUT2D eigenvalue weighted by Crippen LogP contribution is -2.22. The first kappa shape index (κ1) is 23.3. The Morgan fingerprint density at radius 3 is 2.38 bits per heavy atom. The van der Waals surface area contributed by atoms with Gasteiger partial charge >= 0.3 is 5.97 Å². The van der Waals surface area contributed by atoms with Gasteiger partial charge in [0.2, 0.25) is 0 Å². The molecule has 11 heteroatoms. The summed E-state index contributed by atoms with van der Waals surface area (Å²) in [5.41, 5.74) is 1.20. The molecule has 0 aliphatic heterocycles. The van der Waals surface area contributed by atoms with E-state index in [4.69, 9.17) is 4.74 Å². The van der Waals surface area contributed by atoms with Gasteiger partial charge in [-0.25, -0.2) is 12.8 Å². The molecule has 0 saturated heterocycles. The lowest BCUT2D eigenvalue weighted by Gasteiger charge is -2.08. The van der Waals surface area contributed by atoms with Gasteiger partial charge in [0, 0.05) is 11.3 Å². The van der Waals surface area contributed by atoms with Crippen molar-refractivity contribution in [1.82, 2.24) is 4.57 Å². The molecule has 3 aromatic carbocycles. The normalized spacial score (nSPS) is 12.0. The fourth-order valence-electron chi connectivity index (χ4n) is 3.11. The summed E-state index contributed by atoms with van der Waals surface area (Å²) < 4.78 is 47.6. The van der Waals surface area contributed by atoms with E-state index in [1.54, 1.807) is 4.57 Å². The van der Waals surface area contributed by atoms with Gasteiger partial charge in [-0.3, -0.25) is 14.3 Å². The molecular formula is C23H18FN3O5S2. The van der Waals surface area contributed by atoms with Crippen LogP contribution in [0.2, 0.25) is 0 Å². The molecule has 0 fully saturated rings. The van der Waals surface area contributed by atoms with Crippen molar-refractivity contribution in [1.29, 1.82) is 0 Å². The first-order chi connectivity index (χ1) is 16.3. The van der Waals surface area contributed by atoms with Crippen molar-refractivity contribution in [3.05, 3.63) is 89.0 Å². The summed E-state index contributed by atoms with van der Waals surface area (Å²) in [5.74, 6) is -1.58. The third kappa shape index (κ3) is 5.05. The van der Waals surface area contributed by atoms with Crippen molar-refractivity contribution in [3.8, 4) is 0 Å². The number of anilines is 1. The minimum Gasteiger partial charge on any atom is -0.468 e. The standard InChI is InChI=1S/C23H18FN3O5S2/c1-32-21(28)14-27-19-4-2-3-5-20(19)33-23(27)25-22(29)15-6-10-17(11-7-15)26-34(30,31)18-12-8-16(24)9-13-18/h2-13,26H,14H2,1H3. The topological polar surface area (TPSA) is 107 Å². The number of fused-ring (bicyclic) bond motifs is 1. The predicted octanol–water partition coefficient (Wildman–Crippen LogP) is 3.56. The monoisotopic (exact) mass is 499 g/mol. The molecule has 1 N–H and O–H groups in total. The number of rotatable bonds is 6. The van der Waals surface area contributed by atoms with Crippen LogP contribution in [-0.4, -0.2) is 32.0 Å². The first-order valence-corrected chi connectivity index (χ1v) is 12.2. The van der Waals surface area contributed by atoms with Crippen molar-refractivity contribution in [3.63, 3.8) is 0 Å². The van der Waals surface area contributed by atoms with E-state index in [1.807, 2.05) is 24.3 Å². The van der Waals surface area contributed by atoms with Gasteiger partial charge in [-0.05, 0) is 60.7 Å². The van der Waals surface area contributed by atoms with Crippen molar-refractivity contribution < 1.29 is 27.1 Å². The maximum atomic E-state index is 13.1. The van der Waals surface area contributed by atoms with Crippen LogP contribution in [0.1, 0.15) is 10.4 Å². The van der Waals surface area contributed by atoms with Gasteiger partial charge in [0.25, 0.3) is 15.9 Å². The largest absolute Gasteiger partial charge is 0.468 e.